The summed E-state index contributed by atoms with van der Waals surface area (Å²) in [6.07, 6.45) is 2.36. The molecule has 1 rings (SSSR count). The Morgan fingerprint density at radius 1 is 1.35 bits per heavy atom. The molecule has 2 amide bonds. The number of benzene rings is 1. The first kappa shape index (κ1) is 21.1. The highest BCUT2D eigenvalue weighted by Gasteiger charge is 2.20. The van der Waals surface area contributed by atoms with Crippen molar-refractivity contribution in [3.63, 3.8) is 0 Å². The van der Waals surface area contributed by atoms with Gasteiger partial charge in [-0.1, -0.05) is 12.1 Å². The summed E-state index contributed by atoms with van der Waals surface area (Å²) >= 11 is 0. The van der Waals surface area contributed by atoms with Gasteiger partial charge in [0.2, 0.25) is 5.91 Å². The molecule has 26 heavy (non-hydrogen) atoms. The van der Waals surface area contributed by atoms with Crippen molar-refractivity contribution >= 4 is 23.8 Å². The molecule has 0 unspecified atom stereocenters. The molecular weight excluding hydrogens is 338 g/mol. The zero-order chi connectivity index (χ0) is 19.7. The molecule has 8 heteroatoms. The van der Waals surface area contributed by atoms with E-state index in [4.69, 9.17) is 4.74 Å². The summed E-state index contributed by atoms with van der Waals surface area (Å²) in [7, 11) is 0. The molecular formula is C18H25N3O5. The summed E-state index contributed by atoms with van der Waals surface area (Å²) in [5.74, 6) is -0.350. The number of likely N-dealkylation sites (N-methyl/N-ethyl adjacent to an activating group) is 1. The summed E-state index contributed by atoms with van der Waals surface area (Å²) in [4.78, 5) is 35.6. The molecule has 142 valence electrons. The number of ether oxygens (including phenoxy) is 1. The fourth-order valence-corrected chi connectivity index (χ4v) is 1.99. The zero-order valence-corrected chi connectivity index (χ0v) is 15.5. The fourth-order valence-electron chi connectivity index (χ4n) is 1.99. The standard InChI is InChI=1S/C18H25N3O5/c1-5-20(17(23)26-18(2,3)4)12-11-19-16(22)10-9-14-7-6-8-15(13-14)21(24)25/h6-10,13H,5,11-12H2,1-4H3,(H,19,22). The van der Waals surface area contributed by atoms with Crippen LogP contribution < -0.4 is 5.32 Å². The van der Waals surface area contributed by atoms with E-state index in [1.165, 1.54) is 29.2 Å². The molecule has 0 heterocycles. The van der Waals surface area contributed by atoms with Gasteiger partial charge in [-0.25, -0.2) is 4.79 Å². The van der Waals surface area contributed by atoms with E-state index in [9.17, 15) is 19.7 Å². The topological polar surface area (TPSA) is 102 Å². The quantitative estimate of drug-likeness (QED) is 0.456. The number of nitro groups is 1. The van der Waals surface area contributed by atoms with Crippen LogP contribution in [0.5, 0.6) is 0 Å². The average Bonchev–Trinajstić information content (AvgIpc) is 2.55. The third-order valence-electron chi connectivity index (χ3n) is 3.22. The van der Waals surface area contributed by atoms with Crippen molar-refractivity contribution in [2.45, 2.75) is 33.3 Å². The second-order valence-electron chi connectivity index (χ2n) is 6.54. The molecule has 1 aromatic carbocycles. The third-order valence-corrected chi connectivity index (χ3v) is 3.22. The second kappa shape index (κ2) is 9.55. The van der Waals surface area contributed by atoms with Crippen molar-refractivity contribution in [1.82, 2.24) is 10.2 Å². The van der Waals surface area contributed by atoms with Crippen LogP contribution in [0.1, 0.15) is 33.3 Å². The van der Waals surface area contributed by atoms with Crippen LogP contribution in [0.3, 0.4) is 0 Å². The molecule has 1 N–H and O–H groups in total. The molecule has 0 saturated heterocycles. The Morgan fingerprint density at radius 2 is 2.04 bits per heavy atom. The van der Waals surface area contributed by atoms with Crippen molar-refractivity contribution in [3.05, 3.63) is 46.0 Å². The lowest BCUT2D eigenvalue weighted by Crippen LogP contribution is -2.41. The van der Waals surface area contributed by atoms with Gasteiger partial charge in [0.15, 0.2) is 0 Å². The predicted octanol–water partition coefficient (Wildman–Crippen LogP) is 2.98. The van der Waals surface area contributed by atoms with E-state index in [2.05, 4.69) is 5.32 Å². The lowest BCUT2D eigenvalue weighted by Gasteiger charge is -2.26. The Bertz CT molecular complexity index is 680. The summed E-state index contributed by atoms with van der Waals surface area (Å²) in [6, 6.07) is 5.98. The summed E-state index contributed by atoms with van der Waals surface area (Å²) in [5, 5.41) is 13.4. The smallest absolute Gasteiger partial charge is 0.410 e. The fraction of sp³-hybridized carbons (Fsp3) is 0.444. The lowest BCUT2D eigenvalue weighted by atomic mass is 10.2. The Balaban J connectivity index is 2.49. The number of hydrogen-bond donors (Lipinski definition) is 1. The molecule has 0 aliphatic carbocycles. The van der Waals surface area contributed by atoms with Crippen molar-refractivity contribution < 1.29 is 19.2 Å². The van der Waals surface area contributed by atoms with Gasteiger partial charge in [-0.15, -0.1) is 0 Å². The van der Waals surface area contributed by atoms with Crippen molar-refractivity contribution in [2.75, 3.05) is 19.6 Å². The van der Waals surface area contributed by atoms with Gasteiger partial charge in [-0.3, -0.25) is 14.9 Å². The van der Waals surface area contributed by atoms with Crippen LogP contribution in [0.25, 0.3) is 6.08 Å². The number of carbonyl (C=O) groups is 2. The van der Waals surface area contributed by atoms with Crippen molar-refractivity contribution in [1.29, 1.82) is 0 Å². The second-order valence-corrected chi connectivity index (χ2v) is 6.54. The highest BCUT2D eigenvalue weighted by Crippen LogP contribution is 2.14. The van der Waals surface area contributed by atoms with Crippen LogP contribution in [0, 0.1) is 10.1 Å². The SMILES string of the molecule is CCN(CCNC(=O)C=Cc1cccc([N+](=O)[O-])c1)C(=O)OC(C)(C)C. The minimum atomic E-state index is -0.575. The third kappa shape index (κ3) is 7.78. The van der Waals surface area contributed by atoms with E-state index in [0.717, 1.165) is 0 Å². The van der Waals surface area contributed by atoms with Crippen LogP contribution >= 0.6 is 0 Å². The number of carbonyl (C=O) groups excluding carboxylic acids is 2. The molecule has 0 atom stereocenters. The lowest BCUT2D eigenvalue weighted by molar-refractivity contribution is -0.384. The van der Waals surface area contributed by atoms with E-state index < -0.39 is 16.6 Å². The first-order valence-electron chi connectivity index (χ1n) is 8.30. The van der Waals surface area contributed by atoms with Gasteiger partial charge < -0.3 is 15.0 Å². The molecule has 0 fully saturated rings. The largest absolute Gasteiger partial charge is 0.444 e. The van der Waals surface area contributed by atoms with Gasteiger partial charge in [-0.2, -0.15) is 0 Å². The number of amides is 2. The molecule has 0 saturated carbocycles. The van der Waals surface area contributed by atoms with Crippen LogP contribution in [0.4, 0.5) is 10.5 Å². The van der Waals surface area contributed by atoms with Gasteiger partial charge in [0, 0.05) is 37.8 Å². The molecule has 0 aliphatic heterocycles. The molecule has 0 spiro atoms. The first-order chi connectivity index (χ1) is 12.1. The number of nitrogens with zero attached hydrogens (tertiary/aromatic N) is 2. The summed E-state index contributed by atoms with van der Waals surface area (Å²) in [5.41, 5.74) is -0.0591. The maximum atomic E-state index is 12.0. The number of rotatable bonds is 7. The normalized spacial score (nSPS) is 11.2. The minimum Gasteiger partial charge on any atom is -0.444 e. The molecule has 0 aliphatic rings. The maximum absolute atomic E-state index is 12.0. The molecule has 8 nitrogen and oxygen atoms in total. The van der Waals surface area contributed by atoms with E-state index in [-0.39, 0.29) is 18.1 Å². The number of non-ortho nitro benzene ring substituents is 1. The van der Waals surface area contributed by atoms with Gasteiger partial charge >= 0.3 is 6.09 Å². The van der Waals surface area contributed by atoms with Gasteiger partial charge in [0.1, 0.15) is 5.60 Å². The van der Waals surface area contributed by atoms with E-state index in [1.807, 2.05) is 6.92 Å². The molecule has 0 bridgehead atoms. The van der Waals surface area contributed by atoms with Crippen LogP contribution in [-0.2, 0) is 9.53 Å². The van der Waals surface area contributed by atoms with Gasteiger partial charge in [0.05, 0.1) is 4.92 Å². The maximum Gasteiger partial charge on any atom is 0.410 e. The van der Waals surface area contributed by atoms with Gasteiger partial charge in [-0.05, 0) is 39.3 Å². The Hall–Kier alpha value is -2.90. The van der Waals surface area contributed by atoms with Crippen LogP contribution in [0.2, 0.25) is 0 Å². The van der Waals surface area contributed by atoms with E-state index >= 15 is 0 Å². The summed E-state index contributed by atoms with van der Waals surface area (Å²) in [6.45, 7) is 8.26. The number of nitro benzene ring substituents is 1. The Labute approximate surface area is 153 Å². The highest BCUT2D eigenvalue weighted by molar-refractivity contribution is 5.91. The number of nitrogens with one attached hydrogen (secondary N) is 1. The molecule has 0 aromatic heterocycles. The molecule has 0 radical (unpaired) electrons. The Morgan fingerprint density at radius 3 is 2.62 bits per heavy atom. The summed E-state index contributed by atoms with van der Waals surface area (Å²) < 4.78 is 5.29. The number of hydrogen-bond acceptors (Lipinski definition) is 5. The zero-order valence-electron chi connectivity index (χ0n) is 15.5. The minimum absolute atomic E-state index is 0.0384. The predicted molar refractivity (Wildman–Crippen MR) is 98.6 cm³/mol. The van der Waals surface area contributed by atoms with Gasteiger partial charge in [0.25, 0.3) is 5.69 Å². The van der Waals surface area contributed by atoms with Crippen LogP contribution in [-0.4, -0.2) is 47.1 Å². The molecule has 1 aromatic rings. The first-order valence-corrected chi connectivity index (χ1v) is 8.30. The van der Waals surface area contributed by atoms with Crippen LogP contribution in [0.15, 0.2) is 30.3 Å². The van der Waals surface area contributed by atoms with E-state index in [0.29, 0.717) is 18.7 Å². The Kier molecular flexibility index (Phi) is 7.77. The monoisotopic (exact) mass is 363 g/mol. The van der Waals surface area contributed by atoms with E-state index in [1.54, 1.807) is 32.9 Å². The van der Waals surface area contributed by atoms with Crippen molar-refractivity contribution in [2.24, 2.45) is 0 Å². The average molecular weight is 363 g/mol. The van der Waals surface area contributed by atoms with Crippen molar-refractivity contribution in [3.8, 4) is 0 Å². The highest BCUT2D eigenvalue weighted by atomic mass is 16.6.